The molecule has 5 aromatic rings. The van der Waals surface area contributed by atoms with E-state index in [0.29, 0.717) is 6.54 Å². The maximum atomic E-state index is 6.43. The SMILES string of the molecule is C=CCN(C)p1oc2ccc3ccccc3c2c2c(ccc3ccccc32)o1. The third-order valence-electron chi connectivity index (χ3n) is 5.06. The molecule has 4 heteroatoms. The van der Waals surface area contributed by atoms with Gasteiger partial charge >= 0.3 is 8.16 Å². The van der Waals surface area contributed by atoms with Crippen molar-refractivity contribution in [2.75, 3.05) is 18.3 Å². The van der Waals surface area contributed by atoms with Crippen LogP contribution in [0.4, 0.5) is 0 Å². The molecule has 1 heterocycles. The van der Waals surface area contributed by atoms with Gasteiger partial charge in [0.25, 0.3) is 0 Å². The molecular weight excluding hydrogens is 365 g/mol. The van der Waals surface area contributed by atoms with Crippen LogP contribution < -0.4 is 4.67 Å². The van der Waals surface area contributed by atoms with E-state index in [1.165, 1.54) is 21.5 Å². The van der Waals surface area contributed by atoms with Crippen molar-refractivity contribution < 1.29 is 8.39 Å². The lowest BCUT2D eigenvalue weighted by Crippen LogP contribution is -2.11. The van der Waals surface area contributed by atoms with E-state index in [1.54, 1.807) is 0 Å². The maximum Gasteiger partial charge on any atom is 0.309 e. The molecule has 0 saturated heterocycles. The van der Waals surface area contributed by atoms with Crippen molar-refractivity contribution in [1.29, 1.82) is 0 Å². The Labute approximate surface area is 164 Å². The Morgan fingerprint density at radius 1 is 0.786 bits per heavy atom. The summed E-state index contributed by atoms with van der Waals surface area (Å²) in [4.78, 5) is 0. The van der Waals surface area contributed by atoms with Crippen LogP contribution in [0.2, 0.25) is 0 Å². The number of nitrogens with zero attached hydrogens (tertiary/aromatic N) is 1. The zero-order valence-electron chi connectivity index (χ0n) is 15.6. The maximum absolute atomic E-state index is 6.43. The molecule has 0 atom stereocenters. The van der Waals surface area contributed by atoms with Crippen molar-refractivity contribution in [3.8, 4) is 0 Å². The minimum absolute atomic E-state index is 0.692. The summed E-state index contributed by atoms with van der Waals surface area (Å²) >= 11 is 0. The second-order valence-corrected chi connectivity index (χ2v) is 8.39. The minimum atomic E-state index is -1.29. The molecular formula is C24H20NO2P. The molecule has 0 N–H and O–H groups in total. The van der Waals surface area contributed by atoms with Gasteiger partial charge in [0, 0.05) is 24.4 Å². The molecule has 0 fully saturated rings. The molecule has 4 aromatic carbocycles. The first kappa shape index (κ1) is 17.1. The minimum Gasteiger partial charge on any atom is -0.408 e. The fraction of sp³-hybridized carbons (Fsp3) is 0.0833. The lowest BCUT2D eigenvalue weighted by atomic mass is 9.99. The number of likely N-dealkylation sites (N-methyl/N-ethyl adjacent to an activating group) is 1. The average molecular weight is 385 g/mol. The molecule has 0 aliphatic rings. The zero-order chi connectivity index (χ0) is 19.1. The van der Waals surface area contributed by atoms with Gasteiger partial charge in [-0.05, 0) is 33.7 Å². The van der Waals surface area contributed by atoms with Crippen LogP contribution in [0.3, 0.4) is 0 Å². The summed E-state index contributed by atoms with van der Waals surface area (Å²) in [6, 6.07) is 25.2. The molecule has 5 rings (SSSR count). The van der Waals surface area contributed by atoms with Crippen LogP contribution >= 0.6 is 8.16 Å². The molecule has 28 heavy (non-hydrogen) atoms. The van der Waals surface area contributed by atoms with Crippen LogP contribution in [0.25, 0.3) is 43.5 Å². The Morgan fingerprint density at radius 3 is 1.79 bits per heavy atom. The molecule has 0 unspecified atom stereocenters. The Balaban J connectivity index is 2.08. The molecule has 0 spiro atoms. The highest BCUT2D eigenvalue weighted by molar-refractivity contribution is 7.38. The monoisotopic (exact) mass is 385 g/mol. The van der Waals surface area contributed by atoms with Crippen molar-refractivity contribution in [1.82, 2.24) is 0 Å². The van der Waals surface area contributed by atoms with Crippen molar-refractivity contribution in [2.24, 2.45) is 0 Å². The average Bonchev–Trinajstić information content (AvgIpc) is 2.91. The van der Waals surface area contributed by atoms with Crippen LogP contribution in [0.15, 0.2) is 93.8 Å². The largest absolute Gasteiger partial charge is 0.408 e. The quantitative estimate of drug-likeness (QED) is 0.304. The number of fused-ring (bicyclic) bond motifs is 7. The van der Waals surface area contributed by atoms with Crippen LogP contribution in [-0.2, 0) is 0 Å². The van der Waals surface area contributed by atoms with Gasteiger partial charge in [-0.1, -0.05) is 66.7 Å². The molecule has 0 amide bonds. The molecule has 138 valence electrons. The van der Waals surface area contributed by atoms with Gasteiger partial charge in [-0.2, -0.15) is 0 Å². The third kappa shape index (κ3) is 2.72. The van der Waals surface area contributed by atoms with Gasteiger partial charge in [0.2, 0.25) is 0 Å². The van der Waals surface area contributed by atoms with Gasteiger partial charge in [0.15, 0.2) is 0 Å². The summed E-state index contributed by atoms with van der Waals surface area (Å²) in [5.74, 6) is 0. The van der Waals surface area contributed by atoms with E-state index in [-0.39, 0.29) is 0 Å². The van der Waals surface area contributed by atoms with Gasteiger partial charge in [0.1, 0.15) is 11.2 Å². The van der Waals surface area contributed by atoms with E-state index in [9.17, 15) is 0 Å². The van der Waals surface area contributed by atoms with E-state index >= 15 is 0 Å². The van der Waals surface area contributed by atoms with Crippen LogP contribution in [0.1, 0.15) is 0 Å². The number of benzene rings is 4. The predicted molar refractivity (Wildman–Crippen MR) is 121 cm³/mol. The highest BCUT2D eigenvalue weighted by Gasteiger charge is 2.14. The summed E-state index contributed by atoms with van der Waals surface area (Å²) in [6.45, 7) is 4.54. The second-order valence-electron chi connectivity index (χ2n) is 6.87. The summed E-state index contributed by atoms with van der Waals surface area (Å²) in [6.07, 6.45) is 1.86. The Kier molecular flexibility index (Phi) is 4.20. The van der Waals surface area contributed by atoms with Gasteiger partial charge in [-0.25, -0.2) is 4.67 Å². The molecule has 0 radical (unpaired) electrons. The highest BCUT2D eigenvalue weighted by atomic mass is 31.1. The first-order chi connectivity index (χ1) is 13.8. The van der Waals surface area contributed by atoms with Gasteiger partial charge in [-0.3, -0.25) is 0 Å². The van der Waals surface area contributed by atoms with Crippen molar-refractivity contribution in [2.45, 2.75) is 0 Å². The third-order valence-corrected chi connectivity index (χ3v) is 6.48. The first-order valence-electron chi connectivity index (χ1n) is 9.28. The highest BCUT2D eigenvalue weighted by Crippen LogP contribution is 2.41. The molecule has 0 bridgehead atoms. The first-order valence-corrected chi connectivity index (χ1v) is 10.4. The van der Waals surface area contributed by atoms with E-state index in [0.717, 1.165) is 21.9 Å². The van der Waals surface area contributed by atoms with E-state index in [2.05, 4.69) is 84.0 Å². The summed E-state index contributed by atoms with van der Waals surface area (Å²) in [5.41, 5.74) is 1.71. The normalized spacial score (nSPS) is 11.6. The molecule has 0 saturated carbocycles. The van der Waals surface area contributed by atoms with Crippen molar-refractivity contribution >= 4 is 51.6 Å². The lowest BCUT2D eigenvalue weighted by molar-refractivity contribution is 0.632. The lowest BCUT2D eigenvalue weighted by Gasteiger charge is -2.09. The van der Waals surface area contributed by atoms with Crippen LogP contribution in [-0.4, -0.2) is 13.6 Å². The molecule has 0 aliphatic carbocycles. The standard InChI is InChI=1S/C24H20NO2P/c1-3-16-25(2)28-26-21-14-12-17-8-4-6-10-19(17)23(21)24-20-11-7-5-9-18(20)13-15-22(24)27-28/h3-15H,1,16H2,2H3. The second kappa shape index (κ2) is 6.87. The Hall–Kier alpha value is -3.00. The van der Waals surface area contributed by atoms with E-state index < -0.39 is 8.16 Å². The fourth-order valence-corrected chi connectivity index (χ4v) is 4.96. The molecule has 3 nitrogen and oxygen atoms in total. The van der Waals surface area contributed by atoms with Crippen LogP contribution in [0.5, 0.6) is 0 Å². The molecule has 1 aromatic heterocycles. The van der Waals surface area contributed by atoms with E-state index in [4.69, 9.17) is 8.39 Å². The topological polar surface area (TPSA) is 29.5 Å². The number of hydrogen-bond donors (Lipinski definition) is 0. The number of rotatable bonds is 3. The van der Waals surface area contributed by atoms with Crippen molar-refractivity contribution in [3.63, 3.8) is 0 Å². The smallest absolute Gasteiger partial charge is 0.309 e. The van der Waals surface area contributed by atoms with Gasteiger partial charge in [0.05, 0.1) is 0 Å². The van der Waals surface area contributed by atoms with E-state index in [1.807, 2.05) is 13.1 Å². The Morgan fingerprint density at radius 2 is 1.29 bits per heavy atom. The molecule has 0 aliphatic heterocycles. The summed E-state index contributed by atoms with van der Waals surface area (Å²) in [7, 11) is 0.713. The van der Waals surface area contributed by atoms with Crippen LogP contribution in [0, 0.1) is 0 Å². The fourth-order valence-electron chi connectivity index (χ4n) is 3.75. The van der Waals surface area contributed by atoms with Crippen molar-refractivity contribution in [3.05, 3.63) is 85.5 Å². The summed E-state index contributed by atoms with van der Waals surface area (Å²) < 4.78 is 14.9. The zero-order valence-corrected chi connectivity index (χ0v) is 16.5. The predicted octanol–water partition coefficient (Wildman–Crippen LogP) is 7.35. The number of hydrogen-bond acceptors (Lipinski definition) is 3. The van der Waals surface area contributed by atoms with Gasteiger partial charge in [-0.15, -0.1) is 6.58 Å². The summed E-state index contributed by atoms with van der Waals surface area (Å²) in [5, 5.41) is 6.92. The van der Waals surface area contributed by atoms with Gasteiger partial charge < -0.3 is 8.39 Å². The Bertz CT molecular complexity index is 1290.